The Labute approximate surface area is 112 Å². The summed E-state index contributed by atoms with van der Waals surface area (Å²) in [5, 5.41) is 5.85. The van der Waals surface area contributed by atoms with E-state index in [1.54, 1.807) is 12.1 Å². The minimum Gasteiger partial charge on any atom is -0.459 e. The molecule has 3 heterocycles. The third-order valence-electron chi connectivity index (χ3n) is 2.74. The van der Waals surface area contributed by atoms with Gasteiger partial charge in [-0.05, 0) is 25.0 Å². The topological polar surface area (TPSA) is 84.2 Å². The van der Waals surface area contributed by atoms with E-state index < -0.39 is 0 Å². The van der Waals surface area contributed by atoms with Crippen LogP contribution >= 0.6 is 11.3 Å². The van der Waals surface area contributed by atoms with Crippen LogP contribution in [0.2, 0.25) is 0 Å². The molecule has 1 aliphatic rings. The maximum atomic E-state index is 11.8. The minimum absolute atomic E-state index is 0.122. The molecule has 2 aromatic heterocycles. The molecule has 2 amide bonds. The number of aromatic nitrogens is 1. The summed E-state index contributed by atoms with van der Waals surface area (Å²) in [4.78, 5) is 28.4. The molecule has 1 aliphatic heterocycles. The van der Waals surface area contributed by atoms with E-state index in [-0.39, 0.29) is 17.6 Å². The zero-order chi connectivity index (χ0) is 13.2. The van der Waals surface area contributed by atoms with Crippen molar-refractivity contribution < 1.29 is 14.0 Å². The molecule has 0 aliphatic carbocycles. The highest BCUT2D eigenvalue weighted by Crippen LogP contribution is 2.25. The van der Waals surface area contributed by atoms with Gasteiger partial charge < -0.3 is 9.73 Å². The number of hydrogen-bond donors (Lipinski definition) is 2. The number of fused-ring (bicyclic) bond motifs is 1. The summed E-state index contributed by atoms with van der Waals surface area (Å²) in [5.41, 5.74) is 0.745. The van der Waals surface area contributed by atoms with Gasteiger partial charge in [0.1, 0.15) is 4.88 Å². The molecule has 0 aromatic carbocycles. The lowest BCUT2D eigenvalue weighted by Crippen LogP contribution is -2.21. The van der Waals surface area contributed by atoms with Gasteiger partial charge in [-0.3, -0.25) is 14.9 Å². The molecule has 0 atom stereocenters. The first-order valence-corrected chi connectivity index (χ1v) is 6.68. The lowest BCUT2D eigenvalue weighted by atomic mass is 10.2. The van der Waals surface area contributed by atoms with Crippen LogP contribution in [0.5, 0.6) is 0 Å². The molecular formula is C12H11N3O3S. The highest BCUT2D eigenvalue weighted by Gasteiger charge is 2.21. The van der Waals surface area contributed by atoms with Crippen LogP contribution in [0.4, 0.5) is 5.13 Å². The second-order valence-electron chi connectivity index (χ2n) is 4.09. The molecule has 2 aromatic rings. The maximum Gasteiger partial charge on any atom is 0.293 e. The molecule has 6 nitrogen and oxygen atoms in total. The molecule has 3 rings (SSSR count). The van der Waals surface area contributed by atoms with Gasteiger partial charge in [0, 0.05) is 6.54 Å². The van der Waals surface area contributed by atoms with Crippen molar-refractivity contribution in [3.05, 3.63) is 34.7 Å². The lowest BCUT2D eigenvalue weighted by Gasteiger charge is -1.98. The average molecular weight is 277 g/mol. The quantitative estimate of drug-likeness (QED) is 0.874. The van der Waals surface area contributed by atoms with Gasteiger partial charge in [-0.15, -0.1) is 0 Å². The first-order valence-electron chi connectivity index (χ1n) is 5.87. The number of nitrogens with zero attached hydrogens (tertiary/aromatic N) is 1. The van der Waals surface area contributed by atoms with Gasteiger partial charge in [0.2, 0.25) is 0 Å². The number of aryl methyl sites for hydroxylation is 1. The summed E-state index contributed by atoms with van der Waals surface area (Å²) in [6.07, 6.45) is 3.02. The first-order chi connectivity index (χ1) is 9.24. The van der Waals surface area contributed by atoms with Crippen molar-refractivity contribution in [1.82, 2.24) is 10.3 Å². The highest BCUT2D eigenvalue weighted by molar-refractivity contribution is 7.17. The lowest BCUT2D eigenvalue weighted by molar-refractivity contribution is 0.0958. The Morgan fingerprint density at radius 1 is 1.53 bits per heavy atom. The van der Waals surface area contributed by atoms with Crippen LogP contribution in [-0.2, 0) is 6.42 Å². The molecule has 0 saturated carbocycles. The fourth-order valence-electron chi connectivity index (χ4n) is 1.86. The van der Waals surface area contributed by atoms with Crippen molar-refractivity contribution in [1.29, 1.82) is 0 Å². The zero-order valence-electron chi connectivity index (χ0n) is 9.93. The van der Waals surface area contributed by atoms with Crippen molar-refractivity contribution in [2.24, 2.45) is 0 Å². The third-order valence-corrected chi connectivity index (χ3v) is 3.76. The summed E-state index contributed by atoms with van der Waals surface area (Å²) >= 11 is 1.19. The van der Waals surface area contributed by atoms with Crippen LogP contribution in [0.15, 0.2) is 22.8 Å². The molecule has 98 valence electrons. The molecule has 19 heavy (non-hydrogen) atoms. The Hall–Kier alpha value is -2.15. The fourth-order valence-corrected chi connectivity index (χ4v) is 2.78. The van der Waals surface area contributed by atoms with Crippen LogP contribution in [0.3, 0.4) is 0 Å². The Kier molecular flexibility index (Phi) is 3.04. The predicted octanol–water partition coefficient (Wildman–Crippen LogP) is 1.66. The largest absolute Gasteiger partial charge is 0.459 e. The van der Waals surface area contributed by atoms with Crippen LogP contribution in [0.25, 0.3) is 0 Å². The standard InChI is InChI=1S/C12H11N3O3S/c16-10(8-4-2-6-18-8)15-12-14-7-3-1-5-13-11(17)9(7)19-12/h2,4,6H,1,3,5H2,(H,13,17)(H,14,15,16). The van der Waals surface area contributed by atoms with E-state index in [9.17, 15) is 9.59 Å². The van der Waals surface area contributed by atoms with Gasteiger partial charge in [0.15, 0.2) is 10.9 Å². The molecule has 0 spiro atoms. The number of anilines is 1. The van der Waals surface area contributed by atoms with Crippen molar-refractivity contribution in [2.45, 2.75) is 12.8 Å². The van der Waals surface area contributed by atoms with E-state index in [0.29, 0.717) is 16.6 Å². The second kappa shape index (κ2) is 4.85. The van der Waals surface area contributed by atoms with E-state index in [1.165, 1.54) is 17.6 Å². The van der Waals surface area contributed by atoms with Crippen LogP contribution in [0.1, 0.15) is 32.3 Å². The molecule has 0 fully saturated rings. The minimum atomic E-state index is -0.366. The molecule has 0 unspecified atom stereocenters. The number of amides is 2. The van der Waals surface area contributed by atoms with Crippen molar-refractivity contribution in [3.63, 3.8) is 0 Å². The van der Waals surface area contributed by atoms with Gasteiger partial charge in [0.25, 0.3) is 11.8 Å². The van der Waals surface area contributed by atoms with Crippen LogP contribution in [0, 0.1) is 0 Å². The Balaban J connectivity index is 1.81. The zero-order valence-corrected chi connectivity index (χ0v) is 10.8. The van der Waals surface area contributed by atoms with Crippen molar-refractivity contribution in [3.8, 4) is 0 Å². The smallest absolute Gasteiger partial charge is 0.293 e. The van der Waals surface area contributed by atoms with Gasteiger partial charge in [-0.1, -0.05) is 11.3 Å². The number of carbonyl (C=O) groups excluding carboxylic acids is 2. The van der Waals surface area contributed by atoms with Crippen molar-refractivity contribution >= 4 is 28.3 Å². The summed E-state index contributed by atoms with van der Waals surface area (Å²) in [7, 11) is 0. The van der Waals surface area contributed by atoms with Crippen LogP contribution in [-0.4, -0.2) is 23.3 Å². The fraction of sp³-hybridized carbons (Fsp3) is 0.250. The number of hydrogen-bond acceptors (Lipinski definition) is 5. The summed E-state index contributed by atoms with van der Waals surface area (Å²) in [6.45, 7) is 0.663. The second-order valence-corrected chi connectivity index (χ2v) is 5.08. The number of rotatable bonds is 2. The summed E-state index contributed by atoms with van der Waals surface area (Å²) in [6, 6.07) is 3.21. The normalized spacial score (nSPS) is 14.4. The molecular weight excluding hydrogens is 266 g/mol. The van der Waals surface area contributed by atoms with E-state index in [2.05, 4.69) is 15.6 Å². The van der Waals surface area contributed by atoms with Crippen LogP contribution < -0.4 is 10.6 Å². The summed E-state index contributed by atoms with van der Waals surface area (Å²) in [5.74, 6) is -0.271. The van der Waals surface area contributed by atoms with Gasteiger partial charge in [-0.2, -0.15) is 0 Å². The maximum absolute atomic E-state index is 11.8. The van der Waals surface area contributed by atoms with Gasteiger partial charge in [-0.25, -0.2) is 4.98 Å². The Morgan fingerprint density at radius 3 is 3.21 bits per heavy atom. The third kappa shape index (κ3) is 2.37. The predicted molar refractivity (Wildman–Crippen MR) is 69.4 cm³/mol. The average Bonchev–Trinajstić information content (AvgIpc) is 3.01. The summed E-state index contributed by atoms with van der Waals surface area (Å²) < 4.78 is 5.00. The number of nitrogens with one attached hydrogen (secondary N) is 2. The Bertz CT molecular complexity index is 618. The van der Waals surface area contributed by atoms with E-state index >= 15 is 0 Å². The van der Waals surface area contributed by atoms with Gasteiger partial charge >= 0.3 is 0 Å². The molecule has 0 bridgehead atoms. The molecule has 2 N–H and O–H groups in total. The van der Waals surface area contributed by atoms with E-state index in [0.717, 1.165) is 18.5 Å². The number of furan rings is 1. The number of thiazole rings is 1. The molecule has 0 radical (unpaired) electrons. The highest BCUT2D eigenvalue weighted by atomic mass is 32.1. The first kappa shape index (κ1) is 11.9. The molecule has 0 saturated heterocycles. The monoisotopic (exact) mass is 277 g/mol. The number of carbonyl (C=O) groups is 2. The van der Waals surface area contributed by atoms with E-state index in [1.807, 2.05) is 0 Å². The van der Waals surface area contributed by atoms with Crippen molar-refractivity contribution in [2.75, 3.05) is 11.9 Å². The van der Waals surface area contributed by atoms with Gasteiger partial charge in [0.05, 0.1) is 12.0 Å². The Morgan fingerprint density at radius 2 is 2.42 bits per heavy atom. The van der Waals surface area contributed by atoms with E-state index in [4.69, 9.17) is 4.42 Å². The SMILES string of the molecule is O=C(Nc1nc2c(s1)C(=O)NCCC2)c1ccco1. The molecule has 7 heteroatoms.